The third-order valence-corrected chi connectivity index (χ3v) is 7.59. The van der Waals surface area contributed by atoms with Crippen LogP contribution in [0.2, 0.25) is 0 Å². The van der Waals surface area contributed by atoms with Gasteiger partial charge in [-0.1, -0.05) is 18.2 Å². The molecule has 4 fully saturated rings. The number of para-hydroxylation sites is 1. The van der Waals surface area contributed by atoms with E-state index in [1.165, 1.54) is 19.3 Å². The maximum absolute atomic E-state index is 13.5. The summed E-state index contributed by atoms with van der Waals surface area (Å²) in [5.41, 5.74) is 1.63. The number of hydrogen-bond donors (Lipinski definition) is 0. The highest BCUT2D eigenvalue weighted by atomic mass is 16.5. The van der Waals surface area contributed by atoms with Gasteiger partial charge in [-0.2, -0.15) is 0 Å². The fourth-order valence-corrected chi connectivity index (χ4v) is 6.88. The predicted octanol–water partition coefficient (Wildman–Crippen LogP) is 6.14. The van der Waals surface area contributed by atoms with Crippen LogP contribution in [0, 0.1) is 23.2 Å². The molecule has 0 saturated heterocycles. The Morgan fingerprint density at radius 1 is 0.964 bits per heavy atom. The Kier molecular flexibility index (Phi) is 3.48. The summed E-state index contributed by atoms with van der Waals surface area (Å²) in [6, 6.07) is 13.9. The Hall–Kier alpha value is -2.29. The van der Waals surface area contributed by atoms with E-state index in [1.807, 2.05) is 43.3 Å². The van der Waals surface area contributed by atoms with Crippen LogP contribution >= 0.6 is 0 Å². The smallest absolute Gasteiger partial charge is 0.179 e. The van der Waals surface area contributed by atoms with Gasteiger partial charge in [-0.3, -0.25) is 4.79 Å². The second-order valence-electron chi connectivity index (χ2n) is 9.58. The van der Waals surface area contributed by atoms with Crippen LogP contribution in [0.1, 0.15) is 45.4 Å². The minimum Gasteiger partial charge on any atom is -0.483 e. The van der Waals surface area contributed by atoms with E-state index in [0.717, 1.165) is 64.7 Å². The lowest BCUT2D eigenvalue weighted by Gasteiger charge is -2.56. The van der Waals surface area contributed by atoms with Crippen LogP contribution in [0.4, 0.5) is 0 Å². The third-order valence-electron chi connectivity index (χ3n) is 7.59. The summed E-state index contributed by atoms with van der Waals surface area (Å²) >= 11 is 0. The molecule has 28 heavy (non-hydrogen) atoms. The van der Waals surface area contributed by atoms with Gasteiger partial charge in [-0.05, 0) is 87.5 Å². The molecule has 4 aliphatic carbocycles. The van der Waals surface area contributed by atoms with Crippen molar-refractivity contribution in [1.82, 2.24) is 0 Å². The summed E-state index contributed by atoms with van der Waals surface area (Å²) in [4.78, 5) is 13.5. The second-order valence-corrected chi connectivity index (χ2v) is 9.58. The van der Waals surface area contributed by atoms with Crippen molar-refractivity contribution >= 4 is 27.7 Å². The highest BCUT2D eigenvalue weighted by Gasteiger charge is 2.55. The van der Waals surface area contributed by atoms with Gasteiger partial charge in [0.05, 0.1) is 0 Å². The zero-order valence-electron chi connectivity index (χ0n) is 16.3. The quantitative estimate of drug-likeness (QED) is 0.551. The zero-order chi connectivity index (χ0) is 18.9. The topological polar surface area (TPSA) is 39.4 Å². The van der Waals surface area contributed by atoms with Gasteiger partial charge in [-0.25, -0.2) is 0 Å². The molecular formula is C25H26O3. The van der Waals surface area contributed by atoms with Crippen LogP contribution in [0.25, 0.3) is 21.9 Å². The normalized spacial score (nSPS) is 32.1. The Morgan fingerprint density at radius 3 is 2.32 bits per heavy atom. The van der Waals surface area contributed by atoms with Crippen molar-refractivity contribution in [3.63, 3.8) is 0 Å². The summed E-state index contributed by atoms with van der Waals surface area (Å²) in [6.45, 7) is 1.94. The van der Waals surface area contributed by atoms with Gasteiger partial charge in [-0.15, -0.1) is 0 Å². The number of fused-ring (bicyclic) bond motifs is 3. The lowest BCUT2D eigenvalue weighted by Crippen LogP contribution is -2.53. The van der Waals surface area contributed by atoms with E-state index < -0.39 is 6.10 Å². The first-order chi connectivity index (χ1) is 13.6. The monoisotopic (exact) mass is 374 g/mol. The highest BCUT2D eigenvalue weighted by Crippen LogP contribution is 2.60. The first kappa shape index (κ1) is 16.6. The predicted molar refractivity (Wildman–Crippen MR) is 109 cm³/mol. The molecule has 1 heterocycles. The fraction of sp³-hybridized carbons (Fsp3) is 0.480. The van der Waals surface area contributed by atoms with Crippen LogP contribution in [-0.2, 0) is 4.79 Å². The van der Waals surface area contributed by atoms with Crippen molar-refractivity contribution in [2.24, 2.45) is 23.2 Å². The molecule has 7 rings (SSSR count). The van der Waals surface area contributed by atoms with Gasteiger partial charge in [0.1, 0.15) is 16.9 Å². The minimum absolute atomic E-state index is 0.111. The fourth-order valence-electron chi connectivity index (χ4n) is 6.88. The lowest BCUT2D eigenvalue weighted by molar-refractivity contribution is -0.150. The molecule has 3 heteroatoms. The number of furan rings is 1. The first-order valence-electron chi connectivity index (χ1n) is 10.7. The summed E-state index contributed by atoms with van der Waals surface area (Å²) in [5.74, 6) is 3.41. The van der Waals surface area contributed by atoms with Crippen LogP contribution in [0.15, 0.2) is 46.9 Å². The van der Waals surface area contributed by atoms with E-state index in [4.69, 9.17) is 9.15 Å². The SMILES string of the molecule is CC(Oc1ccc2oc3ccccc3c2c1)C(=O)C12CC3CC(CC(C3)C1)C2. The zero-order valence-corrected chi connectivity index (χ0v) is 16.3. The number of ketones is 1. The third kappa shape index (κ3) is 2.45. The molecule has 144 valence electrons. The Labute approximate surface area is 165 Å². The van der Waals surface area contributed by atoms with E-state index in [0.29, 0.717) is 5.78 Å². The Balaban J connectivity index is 1.28. The number of carbonyl (C=O) groups is 1. The van der Waals surface area contributed by atoms with Crippen molar-refractivity contribution in [1.29, 1.82) is 0 Å². The lowest BCUT2D eigenvalue weighted by atomic mass is 9.48. The Bertz CT molecular complexity index is 1040. The molecule has 0 amide bonds. The number of ether oxygens (including phenoxy) is 1. The average Bonchev–Trinajstić information content (AvgIpc) is 3.04. The summed E-state index contributed by atoms with van der Waals surface area (Å²) in [7, 11) is 0. The first-order valence-corrected chi connectivity index (χ1v) is 10.7. The number of benzene rings is 2. The number of rotatable bonds is 4. The van der Waals surface area contributed by atoms with Crippen LogP contribution < -0.4 is 4.74 Å². The van der Waals surface area contributed by atoms with Crippen LogP contribution in [-0.4, -0.2) is 11.9 Å². The molecule has 4 saturated carbocycles. The molecule has 0 radical (unpaired) electrons. The van der Waals surface area contributed by atoms with Crippen molar-refractivity contribution in [3.8, 4) is 5.75 Å². The van der Waals surface area contributed by atoms with E-state index >= 15 is 0 Å². The second kappa shape index (κ2) is 5.85. The number of hydrogen-bond acceptors (Lipinski definition) is 3. The van der Waals surface area contributed by atoms with Gasteiger partial charge < -0.3 is 9.15 Å². The molecule has 1 aromatic heterocycles. The molecule has 4 bridgehead atoms. The van der Waals surface area contributed by atoms with Crippen molar-refractivity contribution in [2.75, 3.05) is 0 Å². The molecule has 2 aromatic carbocycles. The van der Waals surface area contributed by atoms with E-state index in [1.54, 1.807) is 0 Å². The van der Waals surface area contributed by atoms with Gasteiger partial charge in [0.2, 0.25) is 0 Å². The average molecular weight is 374 g/mol. The molecule has 0 spiro atoms. The largest absolute Gasteiger partial charge is 0.483 e. The summed E-state index contributed by atoms with van der Waals surface area (Å²) in [5, 5.41) is 2.13. The van der Waals surface area contributed by atoms with Crippen molar-refractivity contribution in [2.45, 2.75) is 51.6 Å². The molecular weight excluding hydrogens is 348 g/mol. The highest BCUT2D eigenvalue weighted by molar-refractivity contribution is 6.05. The molecule has 0 N–H and O–H groups in total. The molecule has 1 unspecified atom stereocenters. The Morgan fingerprint density at radius 2 is 1.61 bits per heavy atom. The molecule has 1 atom stereocenters. The molecule has 3 aromatic rings. The molecule has 4 aliphatic rings. The van der Waals surface area contributed by atoms with Crippen LogP contribution in [0.3, 0.4) is 0 Å². The van der Waals surface area contributed by atoms with Crippen molar-refractivity contribution < 1.29 is 13.9 Å². The van der Waals surface area contributed by atoms with E-state index in [9.17, 15) is 4.79 Å². The van der Waals surface area contributed by atoms with E-state index in [-0.39, 0.29) is 5.41 Å². The van der Waals surface area contributed by atoms with Gasteiger partial charge in [0.25, 0.3) is 0 Å². The van der Waals surface area contributed by atoms with Gasteiger partial charge in [0.15, 0.2) is 11.9 Å². The number of carbonyl (C=O) groups excluding carboxylic acids is 1. The standard InChI is InChI=1S/C25H26O3/c1-15(24(26)25-12-16-8-17(13-25)10-18(9-16)14-25)27-19-6-7-23-21(11-19)20-4-2-3-5-22(20)28-23/h2-7,11,15-18H,8-10,12-14H2,1H3. The van der Waals surface area contributed by atoms with Gasteiger partial charge in [0, 0.05) is 16.2 Å². The summed E-state index contributed by atoms with van der Waals surface area (Å²) < 4.78 is 12.1. The van der Waals surface area contributed by atoms with E-state index in [2.05, 4.69) is 6.07 Å². The molecule has 0 aliphatic heterocycles. The minimum atomic E-state index is -0.396. The molecule has 3 nitrogen and oxygen atoms in total. The van der Waals surface area contributed by atoms with Gasteiger partial charge >= 0.3 is 0 Å². The maximum atomic E-state index is 13.5. The number of Topliss-reactive ketones (excluding diaryl/α,β-unsaturated/α-hetero) is 1. The maximum Gasteiger partial charge on any atom is 0.179 e. The van der Waals surface area contributed by atoms with Crippen LogP contribution in [0.5, 0.6) is 5.75 Å². The summed E-state index contributed by atoms with van der Waals surface area (Å²) in [6.07, 6.45) is 6.95. The van der Waals surface area contributed by atoms with Crippen molar-refractivity contribution in [3.05, 3.63) is 42.5 Å².